The number of hydrogen-bond donors (Lipinski definition) is 0. The molecule has 4 aromatic rings. The average molecular weight is 417 g/mol. The maximum Gasteiger partial charge on any atom is 0.253 e. The Morgan fingerprint density at radius 1 is 0.871 bits per heavy atom. The monoisotopic (exact) mass is 417 g/mol. The molecule has 0 aliphatic carbocycles. The maximum absolute atomic E-state index is 14.1. The second kappa shape index (κ2) is 7.95. The van der Waals surface area contributed by atoms with Gasteiger partial charge in [-0.25, -0.2) is 13.8 Å². The lowest BCUT2D eigenvalue weighted by atomic mass is 10.0. The quantitative estimate of drug-likeness (QED) is 0.444. The van der Waals surface area contributed by atoms with E-state index in [-0.39, 0.29) is 23.6 Å². The van der Waals surface area contributed by atoms with Crippen LogP contribution in [0.4, 0.5) is 8.78 Å². The van der Waals surface area contributed by atoms with Crippen molar-refractivity contribution in [1.82, 2.24) is 14.5 Å². The Labute approximate surface area is 178 Å². The zero-order valence-corrected chi connectivity index (χ0v) is 16.8. The molecule has 0 atom stereocenters. The summed E-state index contributed by atoms with van der Waals surface area (Å²) in [6, 6.07) is 20.3. The Balaban J connectivity index is 1.44. The van der Waals surface area contributed by atoms with Gasteiger partial charge in [-0.3, -0.25) is 4.79 Å². The van der Waals surface area contributed by atoms with Crippen LogP contribution in [0.2, 0.25) is 0 Å². The fraction of sp³-hybridized carbons (Fsp3) is 0.200. The smallest absolute Gasteiger partial charge is 0.253 e. The number of rotatable bonds is 3. The molecule has 31 heavy (non-hydrogen) atoms. The van der Waals surface area contributed by atoms with Crippen LogP contribution in [0.1, 0.15) is 29.2 Å². The van der Waals surface area contributed by atoms with Gasteiger partial charge in [0.05, 0.1) is 11.0 Å². The van der Waals surface area contributed by atoms with Crippen LogP contribution in [0.25, 0.3) is 22.4 Å². The lowest BCUT2D eigenvalue weighted by Crippen LogP contribution is -2.39. The molecule has 0 N–H and O–H groups in total. The van der Waals surface area contributed by atoms with E-state index in [4.69, 9.17) is 4.98 Å². The normalized spacial score (nSPS) is 14.8. The zero-order valence-electron chi connectivity index (χ0n) is 16.8. The molecule has 0 saturated carbocycles. The third kappa shape index (κ3) is 3.69. The van der Waals surface area contributed by atoms with E-state index in [1.165, 1.54) is 36.4 Å². The van der Waals surface area contributed by atoms with Crippen molar-refractivity contribution in [1.29, 1.82) is 0 Å². The van der Waals surface area contributed by atoms with Gasteiger partial charge in [-0.1, -0.05) is 30.3 Å². The molecular weight excluding hydrogens is 396 g/mol. The minimum absolute atomic E-state index is 0.0942. The first-order valence-electron chi connectivity index (χ1n) is 10.4. The molecule has 1 aliphatic rings. The zero-order chi connectivity index (χ0) is 21.4. The molecule has 4 nitrogen and oxygen atoms in total. The topological polar surface area (TPSA) is 38.1 Å². The van der Waals surface area contributed by atoms with Gasteiger partial charge in [0.1, 0.15) is 17.5 Å². The summed E-state index contributed by atoms with van der Waals surface area (Å²) in [5.41, 5.74) is 2.98. The van der Waals surface area contributed by atoms with Gasteiger partial charge >= 0.3 is 0 Å². The molecule has 0 radical (unpaired) electrons. The number of halogens is 2. The lowest BCUT2D eigenvalue weighted by molar-refractivity contribution is 0.0696. The highest BCUT2D eigenvalue weighted by Gasteiger charge is 2.28. The number of piperidine rings is 1. The minimum atomic E-state index is -0.358. The predicted molar refractivity (Wildman–Crippen MR) is 116 cm³/mol. The number of amides is 1. The largest absolute Gasteiger partial charge is 0.338 e. The van der Waals surface area contributed by atoms with Crippen LogP contribution in [-0.2, 0) is 0 Å². The van der Waals surface area contributed by atoms with Crippen molar-refractivity contribution in [3.63, 3.8) is 0 Å². The van der Waals surface area contributed by atoms with Gasteiger partial charge in [0.15, 0.2) is 0 Å². The second-order valence-electron chi connectivity index (χ2n) is 7.83. The van der Waals surface area contributed by atoms with E-state index in [0.29, 0.717) is 18.7 Å². The van der Waals surface area contributed by atoms with Crippen molar-refractivity contribution in [2.24, 2.45) is 0 Å². The van der Waals surface area contributed by atoms with Gasteiger partial charge in [-0.15, -0.1) is 0 Å². The third-order valence-electron chi connectivity index (χ3n) is 5.89. The van der Waals surface area contributed by atoms with E-state index in [1.807, 2.05) is 30.3 Å². The highest BCUT2D eigenvalue weighted by atomic mass is 19.1. The fourth-order valence-electron chi connectivity index (χ4n) is 4.33. The number of fused-ring (bicyclic) bond motifs is 1. The summed E-state index contributed by atoms with van der Waals surface area (Å²) in [4.78, 5) is 19.4. The highest BCUT2D eigenvalue weighted by Crippen LogP contribution is 2.34. The molecule has 0 spiro atoms. The third-order valence-corrected chi connectivity index (χ3v) is 5.89. The Morgan fingerprint density at radius 2 is 1.55 bits per heavy atom. The summed E-state index contributed by atoms with van der Waals surface area (Å²) < 4.78 is 29.4. The SMILES string of the molecule is O=C(c1ccc(F)cc1)N1CCC(n2c(-c3ccccc3)nc3ccc(F)cc32)CC1. The molecule has 1 aromatic heterocycles. The molecule has 1 aliphatic heterocycles. The van der Waals surface area contributed by atoms with Gasteiger partial charge in [0.2, 0.25) is 0 Å². The van der Waals surface area contributed by atoms with Crippen molar-refractivity contribution in [2.45, 2.75) is 18.9 Å². The van der Waals surface area contributed by atoms with Crippen LogP contribution in [-0.4, -0.2) is 33.4 Å². The van der Waals surface area contributed by atoms with Crippen molar-refractivity contribution < 1.29 is 13.6 Å². The number of nitrogens with zero attached hydrogens (tertiary/aromatic N) is 3. The molecule has 1 saturated heterocycles. The number of benzene rings is 3. The molecule has 0 bridgehead atoms. The van der Waals surface area contributed by atoms with Crippen LogP contribution in [0.5, 0.6) is 0 Å². The first kappa shape index (κ1) is 19.4. The Hall–Kier alpha value is -3.54. The molecule has 0 unspecified atom stereocenters. The van der Waals surface area contributed by atoms with Crippen LogP contribution in [0, 0.1) is 11.6 Å². The summed E-state index contributed by atoms with van der Waals surface area (Å²) >= 11 is 0. The molecular formula is C25H21F2N3O. The Bertz CT molecular complexity index is 1230. The summed E-state index contributed by atoms with van der Waals surface area (Å²) in [5, 5.41) is 0. The first-order valence-corrected chi connectivity index (χ1v) is 10.4. The Morgan fingerprint density at radius 3 is 2.26 bits per heavy atom. The molecule has 1 amide bonds. The van der Waals surface area contributed by atoms with Gasteiger partial charge in [0, 0.05) is 30.3 Å². The van der Waals surface area contributed by atoms with Crippen molar-refractivity contribution in [3.05, 3.63) is 90.0 Å². The minimum Gasteiger partial charge on any atom is -0.338 e. The van der Waals surface area contributed by atoms with Crippen LogP contribution >= 0.6 is 0 Å². The van der Waals surface area contributed by atoms with E-state index >= 15 is 0 Å². The molecule has 2 heterocycles. The molecule has 3 aromatic carbocycles. The van der Waals surface area contributed by atoms with Crippen LogP contribution < -0.4 is 0 Å². The number of carbonyl (C=O) groups is 1. The van der Waals surface area contributed by atoms with Crippen LogP contribution in [0.15, 0.2) is 72.8 Å². The van der Waals surface area contributed by atoms with Gasteiger partial charge in [-0.05, 0) is 55.3 Å². The lowest BCUT2D eigenvalue weighted by Gasteiger charge is -2.33. The summed E-state index contributed by atoms with van der Waals surface area (Å²) in [6.45, 7) is 1.15. The van der Waals surface area contributed by atoms with Crippen molar-refractivity contribution in [2.75, 3.05) is 13.1 Å². The molecule has 1 fully saturated rings. The number of hydrogen-bond acceptors (Lipinski definition) is 2. The average Bonchev–Trinajstić information content (AvgIpc) is 3.18. The fourth-order valence-corrected chi connectivity index (χ4v) is 4.33. The first-order chi connectivity index (χ1) is 15.1. The summed E-state index contributed by atoms with van der Waals surface area (Å²) in [6.07, 6.45) is 1.46. The standard InChI is InChI=1S/C25H21F2N3O/c26-19-8-6-18(7-9-19)25(31)29-14-12-21(13-15-29)30-23-16-20(27)10-11-22(23)28-24(30)17-4-2-1-3-5-17/h1-11,16,21H,12-15H2. The van der Waals surface area contributed by atoms with Crippen molar-refractivity contribution in [3.8, 4) is 11.4 Å². The number of aromatic nitrogens is 2. The number of likely N-dealkylation sites (tertiary alicyclic amines) is 1. The Kier molecular flexibility index (Phi) is 4.98. The van der Waals surface area contributed by atoms with E-state index < -0.39 is 0 Å². The molecule has 156 valence electrons. The van der Waals surface area contributed by atoms with Gasteiger partial charge in [0.25, 0.3) is 5.91 Å². The van der Waals surface area contributed by atoms with Gasteiger partial charge in [-0.2, -0.15) is 0 Å². The van der Waals surface area contributed by atoms with E-state index in [1.54, 1.807) is 11.0 Å². The predicted octanol–water partition coefficient (Wildman–Crippen LogP) is 5.46. The highest BCUT2D eigenvalue weighted by molar-refractivity contribution is 5.94. The number of carbonyl (C=O) groups excluding carboxylic acids is 1. The second-order valence-corrected chi connectivity index (χ2v) is 7.83. The summed E-state index contributed by atoms with van der Waals surface area (Å²) in [5.74, 6) is 0.0629. The molecule has 6 heteroatoms. The van der Waals surface area contributed by atoms with E-state index in [9.17, 15) is 13.6 Å². The number of imidazole rings is 1. The maximum atomic E-state index is 14.1. The van der Waals surface area contributed by atoms with Crippen LogP contribution in [0.3, 0.4) is 0 Å². The molecule has 5 rings (SSSR count). The summed E-state index contributed by atoms with van der Waals surface area (Å²) in [7, 11) is 0. The van der Waals surface area contributed by atoms with Gasteiger partial charge < -0.3 is 9.47 Å². The van der Waals surface area contributed by atoms with Crippen molar-refractivity contribution >= 4 is 16.9 Å². The van der Waals surface area contributed by atoms with E-state index in [2.05, 4.69) is 4.57 Å². The van der Waals surface area contributed by atoms with E-state index in [0.717, 1.165) is 35.3 Å².